The Balaban J connectivity index is 1.28. The van der Waals surface area contributed by atoms with Crippen LogP contribution < -0.4 is 20.1 Å². The number of methoxy groups -OCH3 is 1. The third-order valence-electron chi connectivity index (χ3n) is 5.14. The average molecular weight is 556 g/mol. The van der Waals surface area contributed by atoms with E-state index in [0.717, 1.165) is 17.2 Å². The predicted molar refractivity (Wildman–Crippen MR) is 150 cm³/mol. The molecule has 0 radical (unpaired) electrons. The van der Waals surface area contributed by atoms with E-state index < -0.39 is 5.97 Å². The van der Waals surface area contributed by atoms with Crippen molar-refractivity contribution in [2.45, 2.75) is 6.42 Å². The Kier molecular flexibility index (Phi) is 9.00. The first-order valence-corrected chi connectivity index (χ1v) is 12.5. The second kappa shape index (κ2) is 12.6. The van der Waals surface area contributed by atoms with Gasteiger partial charge in [-0.25, -0.2) is 9.78 Å². The minimum Gasteiger partial charge on any atom is -0.493 e. The summed E-state index contributed by atoms with van der Waals surface area (Å²) in [6, 6.07) is 21.8. The number of benzene rings is 3. The Hall–Kier alpha value is -3.59. The lowest BCUT2D eigenvalue weighted by Gasteiger charge is -2.14. The zero-order valence-corrected chi connectivity index (χ0v) is 22.1. The van der Waals surface area contributed by atoms with Crippen LogP contribution in [0.15, 0.2) is 72.8 Å². The molecule has 0 saturated heterocycles. The highest BCUT2D eigenvalue weighted by atomic mass is 35.5. The van der Waals surface area contributed by atoms with Gasteiger partial charge in [0.2, 0.25) is 0 Å². The zero-order chi connectivity index (χ0) is 26.2. The number of aromatic nitrogens is 1. The summed E-state index contributed by atoms with van der Waals surface area (Å²) >= 11 is 17.9. The third kappa shape index (κ3) is 7.22. The molecule has 0 fully saturated rings. The van der Waals surface area contributed by atoms with Crippen molar-refractivity contribution in [3.8, 4) is 17.2 Å². The fourth-order valence-electron chi connectivity index (χ4n) is 3.44. The Labute approximate surface area is 229 Å². The summed E-state index contributed by atoms with van der Waals surface area (Å²) in [5.74, 6) is 1.34. The highest BCUT2D eigenvalue weighted by molar-refractivity contribution is 7.80. The Morgan fingerprint density at radius 1 is 1.00 bits per heavy atom. The first-order valence-electron chi connectivity index (χ1n) is 11.3. The molecule has 2 N–H and O–H groups in total. The number of carbonyl (C=O) groups is 1. The maximum absolute atomic E-state index is 12.0. The summed E-state index contributed by atoms with van der Waals surface area (Å²) < 4.78 is 16.5. The Morgan fingerprint density at radius 2 is 1.73 bits per heavy atom. The van der Waals surface area contributed by atoms with Crippen LogP contribution in [-0.4, -0.2) is 36.3 Å². The summed E-state index contributed by atoms with van der Waals surface area (Å²) in [5.41, 5.74) is 1.38. The number of halogens is 2. The van der Waals surface area contributed by atoms with Crippen molar-refractivity contribution in [1.82, 2.24) is 10.3 Å². The normalized spacial score (nSPS) is 10.6. The van der Waals surface area contributed by atoms with E-state index >= 15 is 0 Å². The monoisotopic (exact) mass is 555 g/mol. The highest BCUT2D eigenvalue weighted by Crippen LogP contribution is 2.34. The molecule has 4 aromatic rings. The van der Waals surface area contributed by atoms with Gasteiger partial charge >= 0.3 is 5.97 Å². The number of para-hydroxylation sites is 1. The topological polar surface area (TPSA) is 81.7 Å². The van der Waals surface area contributed by atoms with Crippen LogP contribution in [0.4, 0.5) is 5.69 Å². The summed E-state index contributed by atoms with van der Waals surface area (Å²) in [6.45, 7) is 0.910. The van der Waals surface area contributed by atoms with Crippen LogP contribution in [0.5, 0.6) is 17.2 Å². The van der Waals surface area contributed by atoms with E-state index in [0.29, 0.717) is 51.4 Å². The largest absolute Gasteiger partial charge is 0.493 e. The number of rotatable bonds is 9. The van der Waals surface area contributed by atoms with Gasteiger partial charge in [-0.2, -0.15) is 0 Å². The van der Waals surface area contributed by atoms with E-state index in [9.17, 15) is 4.79 Å². The second-order valence-electron chi connectivity index (χ2n) is 7.80. The molecule has 1 heterocycles. The molecular formula is C27H23Cl2N3O4S. The molecule has 0 saturated carbocycles. The van der Waals surface area contributed by atoms with E-state index in [1.54, 1.807) is 12.1 Å². The lowest BCUT2D eigenvalue weighted by Crippen LogP contribution is -2.30. The van der Waals surface area contributed by atoms with Crippen molar-refractivity contribution in [1.29, 1.82) is 0 Å². The number of pyridine rings is 1. The van der Waals surface area contributed by atoms with Gasteiger partial charge < -0.3 is 24.8 Å². The molecule has 0 aliphatic heterocycles. The van der Waals surface area contributed by atoms with Crippen LogP contribution in [0.25, 0.3) is 10.9 Å². The molecule has 10 heteroatoms. The van der Waals surface area contributed by atoms with E-state index in [2.05, 4.69) is 15.6 Å². The quantitative estimate of drug-likeness (QED) is 0.131. The smallest absolute Gasteiger partial charge is 0.356 e. The van der Waals surface area contributed by atoms with Gasteiger partial charge in [-0.15, -0.1) is 0 Å². The van der Waals surface area contributed by atoms with Crippen LogP contribution in [0.2, 0.25) is 10.0 Å². The van der Waals surface area contributed by atoms with Crippen molar-refractivity contribution < 1.29 is 19.0 Å². The zero-order valence-electron chi connectivity index (χ0n) is 19.8. The van der Waals surface area contributed by atoms with E-state index in [1.165, 1.54) is 13.2 Å². The molecule has 3 aromatic carbocycles. The number of ether oxygens (including phenoxy) is 3. The van der Waals surface area contributed by atoms with E-state index in [1.807, 2.05) is 54.6 Å². The number of fused-ring (bicyclic) bond motifs is 1. The van der Waals surface area contributed by atoms with Gasteiger partial charge in [0.05, 0.1) is 29.6 Å². The van der Waals surface area contributed by atoms with Crippen LogP contribution in [0.1, 0.15) is 16.9 Å². The van der Waals surface area contributed by atoms with E-state index in [4.69, 9.17) is 49.6 Å². The van der Waals surface area contributed by atoms with Gasteiger partial charge in [0, 0.05) is 23.3 Å². The molecule has 190 valence electrons. The highest BCUT2D eigenvalue weighted by Gasteiger charge is 2.16. The number of hydrogen-bond acceptors (Lipinski definition) is 6. The third-order valence-corrected chi connectivity index (χ3v) is 5.90. The molecule has 37 heavy (non-hydrogen) atoms. The van der Waals surface area contributed by atoms with Gasteiger partial charge in [0.25, 0.3) is 0 Å². The standard InChI is InChI=1S/C27H23Cl2N3O4S/c1-34-26(33)23-16-24(25-21(29)14-17(28)15-22(25)32-23)35-13-5-12-30-27(37)31-18-8-10-20(11-9-18)36-19-6-3-2-4-7-19/h2-4,6-11,14-16H,5,12-13H2,1H3,(H2,30,31,37). The van der Waals surface area contributed by atoms with Gasteiger partial charge in [-0.05, 0) is 67.2 Å². The summed E-state index contributed by atoms with van der Waals surface area (Å²) in [5, 5.41) is 8.12. The minimum atomic E-state index is -0.583. The van der Waals surface area contributed by atoms with Crippen LogP contribution in [-0.2, 0) is 4.74 Å². The average Bonchev–Trinajstić information content (AvgIpc) is 2.89. The molecule has 0 bridgehead atoms. The minimum absolute atomic E-state index is 0.104. The molecule has 0 unspecified atom stereocenters. The van der Waals surface area contributed by atoms with Gasteiger partial charge in [-0.1, -0.05) is 41.4 Å². The Bertz CT molecular complexity index is 1400. The lowest BCUT2D eigenvalue weighted by molar-refractivity contribution is 0.0594. The fourth-order valence-corrected chi connectivity index (χ4v) is 4.23. The number of nitrogens with one attached hydrogen (secondary N) is 2. The van der Waals surface area contributed by atoms with Crippen molar-refractivity contribution in [3.05, 3.63) is 88.5 Å². The number of esters is 1. The molecule has 0 spiro atoms. The van der Waals surface area contributed by atoms with Gasteiger partial charge in [-0.3, -0.25) is 0 Å². The van der Waals surface area contributed by atoms with Crippen LogP contribution in [0.3, 0.4) is 0 Å². The molecular weight excluding hydrogens is 533 g/mol. The summed E-state index contributed by atoms with van der Waals surface area (Å²) in [6.07, 6.45) is 0.633. The molecule has 4 rings (SSSR count). The summed E-state index contributed by atoms with van der Waals surface area (Å²) in [4.78, 5) is 16.3. The lowest BCUT2D eigenvalue weighted by atomic mass is 10.1. The van der Waals surface area contributed by atoms with Crippen molar-refractivity contribution in [3.63, 3.8) is 0 Å². The van der Waals surface area contributed by atoms with Gasteiger partial charge in [0.15, 0.2) is 10.8 Å². The molecule has 0 aliphatic rings. The SMILES string of the molecule is COC(=O)c1cc(OCCCNC(=S)Nc2ccc(Oc3ccccc3)cc2)c2c(Cl)cc(Cl)cc2n1. The Morgan fingerprint density at radius 3 is 2.46 bits per heavy atom. The first kappa shape index (κ1) is 26.5. The maximum atomic E-state index is 12.0. The maximum Gasteiger partial charge on any atom is 0.356 e. The number of hydrogen-bond donors (Lipinski definition) is 2. The number of thiocarbonyl (C=S) groups is 1. The van der Waals surface area contributed by atoms with Crippen molar-refractivity contribution in [2.75, 3.05) is 25.6 Å². The van der Waals surface area contributed by atoms with Crippen molar-refractivity contribution >= 4 is 63.1 Å². The molecule has 0 atom stereocenters. The number of carbonyl (C=O) groups excluding carboxylic acids is 1. The predicted octanol–water partition coefficient (Wildman–Crippen LogP) is 6.88. The first-order chi connectivity index (χ1) is 17.9. The molecule has 1 aromatic heterocycles. The molecule has 7 nitrogen and oxygen atoms in total. The molecule has 0 aliphatic carbocycles. The summed E-state index contributed by atoms with van der Waals surface area (Å²) in [7, 11) is 1.29. The fraction of sp³-hybridized carbons (Fsp3) is 0.148. The number of nitrogens with zero attached hydrogens (tertiary/aromatic N) is 1. The van der Waals surface area contributed by atoms with Crippen LogP contribution in [0, 0.1) is 0 Å². The molecule has 0 amide bonds. The second-order valence-corrected chi connectivity index (χ2v) is 9.05. The van der Waals surface area contributed by atoms with E-state index in [-0.39, 0.29) is 5.69 Å². The van der Waals surface area contributed by atoms with Gasteiger partial charge in [0.1, 0.15) is 17.2 Å². The van der Waals surface area contributed by atoms with Crippen LogP contribution >= 0.6 is 35.4 Å². The number of anilines is 1. The van der Waals surface area contributed by atoms with Crippen molar-refractivity contribution in [2.24, 2.45) is 0 Å².